The topological polar surface area (TPSA) is 62.0 Å². The highest BCUT2D eigenvalue weighted by atomic mass is 16.1. The maximum atomic E-state index is 12.5. The van der Waals surface area contributed by atoms with Gasteiger partial charge in [-0.25, -0.2) is 0 Å². The number of fused-ring (bicyclic) bond motifs is 2. The Kier molecular flexibility index (Phi) is 2.99. The molecule has 0 aliphatic heterocycles. The van der Waals surface area contributed by atoms with E-state index in [9.17, 15) is 9.59 Å². The molecule has 1 aromatic heterocycles. The Morgan fingerprint density at radius 3 is 2.65 bits per heavy atom. The van der Waals surface area contributed by atoms with Gasteiger partial charge < -0.3 is 10.3 Å². The first kappa shape index (κ1) is 12.4. The number of aromatic amines is 1. The number of hydrogen-bond acceptors (Lipinski definition) is 2. The van der Waals surface area contributed by atoms with Gasteiger partial charge in [0.05, 0.1) is 11.9 Å². The Hall–Kier alpha value is -2.62. The molecule has 0 saturated heterocycles. The summed E-state index contributed by atoms with van der Waals surface area (Å²) < 4.78 is 0. The molecule has 1 amide bonds. The average Bonchev–Trinajstić information content (AvgIpc) is 2.48. The summed E-state index contributed by atoms with van der Waals surface area (Å²) in [6.45, 7) is 0. The molecule has 2 N–H and O–H groups in total. The fourth-order valence-corrected chi connectivity index (χ4v) is 2.42. The van der Waals surface area contributed by atoms with E-state index in [2.05, 4.69) is 10.3 Å². The number of carbonyl (C=O) groups is 1. The fourth-order valence-electron chi connectivity index (χ4n) is 2.42. The molecule has 0 aliphatic rings. The summed E-state index contributed by atoms with van der Waals surface area (Å²) in [5.74, 6) is -0.0773. The molecule has 0 saturated carbocycles. The molecule has 0 atom stereocenters. The monoisotopic (exact) mass is 266 g/mol. The van der Waals surface area contributed by atoms with Gasteiger partial charge in [-0.05, 0) is 23.8 Å². The first-order valence-electron chi connectivity index (χ1n) is 6.44. The third kappa shape index (κ3) is 1.95. The second kappa shape index (κ2) is 4.81. The van der Waals surface area contributed by atoms with E-state index in [-0.39, 0.29) is 17.8 Å². The Morgan fingerprint density at radius 1 is 1.10 bits per heavy atom. The summed E-state index contributed by atoms with van der Waals surface area (Å²) in [7, 11) is 1.60. The minimum absolute atomic E-state index is 0.00638. The van der Waals surface area contributed by atoms with Gasteiger partial charge in [0.15, 0.2) is 5.43 Å². The number of rotatable bonds is 2. The number of para-hydroxylation sites is 2. The largest absolute Gasteiger partial charge is 0.359 e. The molecule has 0 aliphatic carbocycles. The quantitative estimate of drug-likeness (QED) is 0.697. The van der Waals surface area contributed by atoms with E-state index in [1.54, 1.807) is 19.2 Å². The van der Waals surface area contributed by atoms with Crippen molar-refractivity contribution in [1.82, 2.24) is 10.3 Å². The molecule has 0 unspecified atom stereocenters. The SMILES string of the molecule is CNC(=O)Cc1cccc2c(=O)c3ccccc3[nH]c12. The van der Waals surface area contributed by atoms with Crippen LogP contribution in [-0.2, 0) is 11.2 Å². The first-order chi connectivity index (χ1) is 9.70. The van der Waals surface area contributed by atoms with Gasteiger partial charge in [-0.15, -0.1) is 0 Å². The standard InChI is InChI=1S/C16H14N2O2/c1-17-14(19)9-10-5-4-7-12-15(10)18-13-8-3-2-6-11(13)16(12)20/h2-8H,9H2,1H3,(H,17,19)(H,18,20). The first-order valence-corrected chi connectivity index (χ1v) is 6.44. The lowest BCUT2D eigenvalue weighted by Crippen LogP contribution is -2.20. The molecule has 0 bridgehead atoms. The number of carbonyl (C=O) groups excluding carboxylic acids is 1. The summed E-state index contributed by atoms with van der Waals surface area (Å²) >= 11 is 0. The van der Waals surface area contributed by atoms with E-state index in [1.165, 1.54) is 0 Å². The van der Waals surface area contributed by atoms with Gasteiger partial charge in [0, 0.05) is 23.3 Å². The lowest BCUT2D eigenvalue weighted by molar-refractivity contribution is -0.119. The van der Waals surface area contributed by atoms with Crippen molar-refractivity contribution in [3.63, 3.8) is 0 Å². The van der Waals surface area contributed by atoms with Crippen LogP contribution in [0.4, 0.5) is 0 Å². The summed E-state index contributed by atoms with van der Waals surface area (Å²) in [5.41, 5.74) is 2.34. The van der Waals surface area contributed by atoms with Crippen LogP contribution in [0.1, 0.15) is 5.56 Å². The van der Waals surface area contributed by atoms with Gasteiger partial charge in [0.2, 0.25) is 5.91 Å². The average molecular weight is 266 g/mol. The van der Waals surface area contributed by atoms with Crippen molar-refractivity contribution in [1.29, 1.82) is 0 Å². The van der Waals surface area contributed by atoms with Crippen molar-refractivity contribution in [3.8, 4) is 0 Å². The van der Waals surface area contributed by atoms with E-state index in [0.717, 1.165) is 16.6 Å². The third-order valence-electron chi connectivity index (χ3n) is 3.46. The molecule has 4 heteroatoms. The van der Waals surface area contributed by atoms with Crippen molar-refractivity contribution in [3.05, 3.63) is 58.3 Å². The highest BCUT2D eigenvalue weighted by molar-refractivity contribution is 5.95. The van der Waals surface area contributed by atoms with Crippen molar-refractivity contribution in [2.75, 3.05) is 7.05 Å². The second-order valence-electron chi connectivity index (χ2n) is 4.69. The van der Waals surface area contributed by atoms with Gasteiger partial charge in [-0.3, -0.25) is 9.59 Å². The molecule has 1 heterocycles. The minimum atomic E-state index is -0.0773. The lowest BCUT2D eigenvalue weighted by Gasteiger charge is -2.07. The Balaban J connectivity index is 2.34. The molecule has 2 aromatic carbocycles. The number of hydrogen-bond donors (Lipinski definition) is 2. The van der Waals surface area contributed by atoms with E-state index in [0.29, 0.717) is 10.8 Å². The van der Waals surface area contributed by atoms with Crippen LogP contribution in [0.3, 0.4) is 0 Å². The number of nitrogens with one attached hydrogen (secondary N) is 2. The normalized spacial score (nSPS) is 10.8. The zero-order valence-electron chi connectivity index (χ0n) is 11.1. The fraction of sp³-hybridized carbons (Fsp3) is 0.125. The predicted molar refractivity (Wildman–Crippen MR) is 79.8 cm³/mol. The molecule has 0 spiro atoms. The van der Waals surface area contributed by atoms with Crippen LogP contribution >= 0.6 is 0 Å². The van der Waals surface area contributed by atoms with Crippen LogP contribution in [0.25, 0.3) is 21.8 Å². The van der Waals surface area contributed by atoms with Gasteiger partial charge in [0.1, 0.15) is 0 Å². The van der Waals surface area contributed by atoms with E-state index < -0.39 is 0 Å². The van der Waals surface area contributed by atoms with Gasteiger partial charge >= 0.3 is 0 Å². The van der Waals surface area contributed by atoms with Crippen LogP contribution in [0.15, 0.2) is 47.3 Å². The maximum Gasteiger partial charge on any atom is 0.224 e. The molecule has 100 valence electrons. The number of amides is 1. The van der Waals surface area contributed by atoms with Crippen molar-refractivity contribution >= 4 is 27.7 Å². The molecule has 0 fully saturated rings. The summed E-state index contributed by atoms with van der Waals surface area (Å²) in [6, 6.07) is 12.9. The van der Waals surface area contributed by atoms with E-state index in [4.69, 9.17) is 0 Å². The molecule has 0 radical (unpaired) electrons. The highest BCUT2D eigenvalue weighted by Crippen LogP contribution is 2.18. The smallest absolute Gasteiger partial charge is 0.224 e. The number of benzene rings is 2. The Labute approximate surface area is 115 Å². The molecular weight excluding hydrogens is 252 g/mol. The summed E-state index contributed by atoms with van der Waals surface area (Å²) in [6.07, 6.45) is 0.252. The van der Waals surface area contributed by atoms with Gasteiger partial charge in [-0.2, -0.15) is 0 Å². The predicted octanol–water partition coefficient (Wildman–Crippen LogP) is 1.97. The highest BCUT2D eigenvalue weighted by Gasteiger charge is 2.10. The zero-order valence-corrected chi connectivity index (χ0v) is 11.1. The van der Waals surface area contributed by atoms with E-state index >= 15 is 0 Å². The Morgan fingerprint density at radius 2 is 1.85 bits per heavy atom. The molecular formula is C16H14N2O2. The molecule has 20 heavy (non-hydrogen) atoms. The van der Waals surface area contributed by atoms with Crippen molar-refractivity contribution in [2.24, 2.45) is 0 Å². The Bertz CT molecular complexity index is 865. The van der Waals surface area contributed by atoms with Crippen molar-refractivity contribution in [2.45, 2.75) is 6.42 Å². The third-order valence-corrected chi connectivity index (χ3v) is 3.46. The van der Waals surface area contributed by atoms with Gasteiger partial charge in [0.25, 0.3) is 0 Å². The lowest BCUT2D eigenvalue weighted by atomic mass is 10.0. The van der Waals surface area contributed by atoms with Crippen molar-refractivity contribution < 1.29 is 4.79 Å². The number of likely N-dealkylation sites (N-methyl/N-ethyl adjacent to an activating group) is 1. The molecule has 3 aromatic rings. The van der Waals surface area contributed by atoms with Crippen LogP contribution in [0.2, 0.25) is 0 Å². The zero-order chi connectivity index (χ0) is 14.1. The van der Waals surface area contributed by atoms with Gasteiger partial charge in [-0.1, -0.05) is 24.3 Å². The minimum Gasteiger partial charge on any atom is -0.359 e. The summed E-state index contributed by atoms with van der Waals surface area (Å²) in [5, 5.41) is 3.88. The number of pyridine rings is 1. The number of aromatic nitrogens is 1. The van der Waals surface area contributed by atoms with Crippen LogP contribution < -0.4 is 10.7 Å². The van der Waals surface area contributed by atoms with E-state index in [1.807, 2.05) is 30.3 Å². The maximum absolute atomic E-state index is 12.5. The molecule has 3 rings (SSSR count). The van der Waals surface area contributed by atoms with Crippen LogP contribution in [-0.4, -0.2) is 17.9 Å². The van der Waals surface area contributed by atoms with Crippen LogP contribution in [0, 0.1) is 0 Å². The molecule has 4 nitrogen and oxygen atoms in total. The summed E-state index contributed by atoms with van der Waals surface area (Å²) in [4.78, 5) is 27.3. The van der Waals surface area contributed by atoms with Crippen LogP contribution in [0.5, 0.6) is 0 Å². The second-order valence-corrected chi connectivity index (χ2v) is 4.69. The number of H-pyrrole nitrogens is 1.